The lowest BCUT2D eigenvalue weighted by molar-refractivity contribution is 0.0113. The lowest BCUT2D eigenvalue weighted by Crippen LogP contribution is -2.51. The van der Waals surface area contributed by atoms with Crippen LogP contribution in [0.1, 0.15) is 43.4 Å². The van der Waals surface area contributed by atoms with Crippen molar-refractivity contribution in [2.24, 2.45) is 0 Å². The third kappa shape index (κ3) is 5.66. The first kappa shape index (κ1) is 24.8. The molecule has 2 atom stereocenters. The Morgan fingerprint density at radius 1 is 1.03 bits per heavy atom. The van der Waals surface area contributed by atoms with Crippen molar-refractivity contribution >= 4 is 28.1 Å². The smallest absolute Gasteiger partial charge is 0.138 e. The normalized spacial score (nSPS) is 17.1. The van der Waals surface area contributed by atoms with Crippen LogP contribution in [0.15, 0.2) is 54.6 Å². The minimum atomic E-state index is -0.541. The Labute approximate surface area is 208 Å². The Morgan fingerprint density at radius 3 is 2.44 bits per heavy atom. The predicted octanol–water partition coefficient (Wildman–Crippen LogP) is 5.49. The molecule has 34 heavy (non-hydrogen) atoms. The standard InChI is InChI=1S/C28H36ClN3O2/c1-3-4-5-25(32-16-14-31(15-17-32)19-20-6-10-23(30)11-7-20)28(33)22-8-12-24-21(18-22)9-13-26(34-2)27(24)29/h6-13,18,25,28,33H,3-5,14-17,19,30H2,1-2H3. The molecule has 5 nitrogen and oxygen atoms in total. The lowest BCUT2D eigenvalue weighted by Gasteiger charge is -2.41. The molecule has 1 saturated heterocycles. The number of piperazine rings is 1. The quantitative estimate of drug-likeness (QED) is 0.395. The molecule has 1 aliphatic rings. The van der Waals surface area contributed by atoms with Crippen molar-refractivity contribution in [2.45, 2.75) is 44.9 Å². The molecule has 1 heterocycles. The summed E-state index contributed by atoms with van der Waals surface area (Å²) in [6.45, 7) is 7.04. The molecule has 0 spiro atoms. The third-order valence-electron chi connectivity index (χ3n) is 6.98. The number of nitrogens with zero attached hydrogens (tertiary/aromatic N) is 2. The first-order valence-electron chi connectivity index (χ1n) is 12.2. The maximum atomic E-state index is 11.5. The average Bonchev–Trinajstić information content (AvgIpc) is 2.86. The van der Waals surface area contributed by atoms with Crippen LogP contribution in [0.2, 0.25) is 5.02 Å². The van der Waals surface area contributed by atoms with E-state index in [0.717, 1.165) is 74.0 Å². The van der Waals surface area contributed by atoms with Crippen LogP contribution in [-0.2, 0) is 6.54 Å². The highest BCUT2D eigenvalue weighted by atomic mass is 35.5. The monoisotopic (exact) mass is 481 g/mol. The van der Waals surface area contributed by atoms with Crippen LogP contribution >= 0.6 is 11.6 Å². The first-order valence-corrected chi connectivity index (χ1v) is 12.6. The Bertz CT molecular complexity index is 1080. The fourth-order valence-electron chi connectivity index (χ4n) is 4.94. The molecular weight excluding hydrogens is 446 g/mol. The molecule has 1 fully saturated rings. The van der Waals surface area contributed by atoms with E-state index in [1.807, 2.05) is 36.4 Å². The summed E-state index contributed by atoms with van der Waals surface area (Å²) in [5, 5.41) is 14.1. The molecule has 0 aliphatic carbocycles. The second-order valence-corrected chi connectivity index (χ2v) is 9.65. The van der Waals surface area contributed by atoms with Crippen LogP contribution in [0.5, 0.6) is 5.75 Å². The van der Waals surface area contributed by atoms with Crippen molar-refractivity contribution in [3.8, 4) is 5.75 Å². The van der Waals surface area contributed by atoms with Gasteiger partial charge < -0.3 is 15.6 Å². The number of hydrogen-bond acceptors (Lipinski definition) is 5. The van der Waals surface area contributed by atoms with E-state index in [4.69, 9.17) is 22.1 Å². The Morgan fingerprint density at radius 2 is 1.76 bits per heavy atom. The van der Waals surface area contributed by atoms with Gasteiger partial charge in [-0.2, -0.15) is 0 Å². The summed E-state index contributed by atoms with van der Waals surface area (Å²) in [6.07, 6.45) is 2.66. The molecular formula is C28H36ClN3O2. The van der Waals surface area contributed by atoms with Gasteiger partial charge in [0.15, 0.2) is 0 Å². The highest BCUT2D eigenvalue weighted by Gasteiger charge is 2.30. The van der Waals surface area contributed by atoms with Gasteiger partial charge in [-0.25, -0.2) is 0 Å². The molecule has 0 saturated carbocycles. The van der Waals surface area contributed by atoms with E-state index >= 15 is 0 Å². The van der Waals surface area contributed by atoms with Crippen molar-refractivity contribution in [3.63, 3.8) is 0 Å². The number of rotatable bonds is 9. The van der Waals surface area contributed by atoms with Gasteiger partial charge in [-0.1, -0.05) is 61.7 Å². The maximum absolute atomic E-state index is 11.5. The van der Waals surface area contributed by atoms with E-state index in [-0.39, 0.29) is 6.04 Å². The molecule has 0 bridgehead atoms. The van der Waals surface area contributed by atoms with Crippen LogP contribution < -0.4 is 10.5 Å². The van der Waals surface area contributed by atoms with Gasteiger partial charge in [0, 0.05) is 49.8 Å². The number of ether oxygens (including phenoxy) is 1. The van der Waals surface area contributed by atoms with Crippen molar-refractivity contribution in [1.82, 2.24) is 9.80 Å². The van der Waals surface area contributed by atoms with Crippen LogP contribution in [0, 0.1) is 0 Å². The highest BCUT2D eigenvalue weighted by molar-refractivity contribution is 6.37. The molecule has 0 aromatic heterocycles. The summed E-state index contributed by atoms with van der Waals surface area (Å²) in [6, 6.07) is 18.2. The summed E-state index contributed by atoms with van der Waals surface area (Å²) in [7, 11) is 1.62. The molecule has 1 aliphatic heterocycles. The van der Waals surface area contributed by atoms with E-state index in [9.17, 15) is 5.11 Å². The minimum absolute atomic E-state index is 0.102. The number of methoxy groups -OCH3 is 1. The molecule has 6 heteroatoms. The topological polar surface area (TPSA) is 62.0 Å². The third-order valence-corrected chi connectivity index (χ3v) is 7.37. The zero-order valence-corrected chi connectivity index (χ0v) is 21.0. The maximum Gasteiger partial charge on any atom is 0.138 e. The molecule has 3 aromatic rings. The summed E-state index contributed by atoms with van der Waals surface area (Å²) >= 11 is 6.50. The van der Waals surface area contributed by atoms with Gasteiger partial charge in [0.05, 0.1) is 18.2 Å². The molecule has 182 valence electrons. The fourth-order valence-corrected chi connectivity index (χ4v) is 5.25. The highest BCUT2D eigenvalue weighted by Crippen LogP contribution is 2.35. The number of nitrogens with two attached hydrogens (primary N) is 1. The van der Waals surface area contributed by atoms with Crippen molar-refractivity contribution < 1.29 is 9.84 Å². The number of hydrogen-bond donors (Lipinski definition) is 2. The van der Waals surface area contributed by atoms with Crippen molar-refractivity contribution in [1.29, 1.82) is 0 Å². The van der Waals surface area contributed by atoms with Crippen molar-refractivity contribution in [3.05, 3.63) is 70.7 Å². The lowest BCUT2D eigenvalue weighted by atomic mass is 9.94. The number of unbranched alkanes of at least 4 members (excludes halogenated alkanes) is 1. The van der Waals surface area contributed by atoms with Crippen LogP contribution in [0.4, 0.5) is 5.69 Å². The number of fused-ring (bicyclic) bond motifs is 1. The molecule has 3 aromatic carbocycles. The van der Waals surface area contributed by atoms with E-state index < -0.39 is 6.10 Å². The molecule has 0 radical (unpaired) electrons. The Hall–Kier alpha value is -2.31. The summed E-state index contributed by atoms with van der Waals surface area (Å²) in [5.41, 5.74) is 8.86. The number of benzene rings is 3. The van der Waals surface area contributed by atoms with Gasteiger partial charge >= 0.3 is 0 Å². The fraction of sp³-hybridized carbons (Fsp3) is 0.429. The molecule has 3 N–H and O–H groups in total. The van der Waals surface area contributed by atoms with Gasteiger partial charge in [-0.05, 0) is 47.2 Å². The van der Waals surface area contributed by atoms with Gasteiger partial charge in [-0.3, -0.25) is 9.80 Å². The van der Waals surface area contributed by atoms with Gasteiger partial charge in [-0.15, -0.1) is 0 Å². The van der Waals surface area contributed by atoms with E-state index in [1.165, 1.54) is 5.56 Å². The molecule has 0 amide bonds. The number of aliphatic hydroxyl groups excluding tert-OH is 1. The van der Waals surface area contributed by atoms with Crippen LogP contribution in [-0.4, -0.2) is 54.2 Å². The zero-order chi connectivity index (χ0) is 24.1. The van der Waals surface area contributed by atoms with Gasteiger partial charge in [0.1, 0.15) is 5.75 Å². The van der Waals surface area contributed by atoms with Crippen LogP contribution in [0.25, 0.3) is 10.8 Å². The Kier molecular flexibility index (Phi) is 8.32. The van der Waals surface area contributed by atoms with Crippen LogP contribution in [0.3, 0.4) is 0 Å². The largest absolute Gasteiger partial charge is 0.495 e. The molecule has 4 rings (SSSR count). The predicted molar refractivity (Wildman–Crippen MR) is 141 cm³/mol. The second kappa shape index (κ2) is 11.4. The molecule has 2 unspecified atom stereocenters. The summed E-state index contributed by atoms with van der Waals surface area (Å²) in [5.74, 6) is 0.667. The zero-order valence-electron chi connectivity index (χ0n) is 20.2. The van der Waals surface area contributed by atoms with Gasteiger partial charge in [0.25, 0.3) is 0 Å². The number of anilines is 1. The summed E-state index contributed by atoms with van der Waals surface area (Å²) < 4.78 is 5.35. The second-order valence-electron chi connectivity index (χ2n) is 9.27. The Balaban J connectivity index is 1.46. The van der Waals surface area contributed by atoms with E-state index in [2.05, 4.69) is 34.9 Å². The SMILES string of the molecule is CCCCC(C(O)c1ccc2c(Cl)c(OC)ccc2c1)N1CCN(Cc2ccc(N)cc2)CC1. The van der Waals surface area contributed by atoms with E-state index in [1.54, 1.807) is 7.11 Å². The first-order chi connectivity index (χ1) is 16.5. The van der Waals surface area contributed by atoms with Gasteiger partial charge in [0.2, 0.25) is 0 Å². The van der Waals surface area contributed by atoms with Crippen molar-refractivity contribution in [2.75, 3.05) is 39.0 Å². The van der Waals surface area contributed by atoms with E-state index in [0.29, 0.717) is 10.8 Å². The number of nitrogen functional groups attached to an aromatic ring is 1. The number of aliphatic hydroxyl groups is 1. The summed E-state index contributed by atoms with van der Waals surface area (Å²) in [4.78, 5) is 4.96. The average molecular weight is 482 g/mol. The minimum Gasteiger partial charge on any atom is -0.495 e. The number of halogens is 1.